The Kier molecular flexibility index (Phi) is 2.16. The van der Waals surface area contributed by atoms with Gasteiger partial charge in [0.25, 0.3) is 0 Å². The molecular formula is C14H17NO. The van der Waals surface area contributed by atoms with Gasteiger partial charge in [0, 0.05) is 16.6 Å². The number of benzene rings is 1. The molecule has 1 heterocycles. The minimum Gasteiger partial charge on any atom is -0.497 e. The molecule has 0 unspecified atom stereocenters. The molecule has 2 heteroatoms. The highest BCUT2D eigenvalue weighted by molar-refractivity contribution is 5.88. The van der Waals surface area contributed by atoms with Crippen LogP contribution < -0.4 is 4.74 Å². The van der Waals surface area contributed by atoms with Gasteiger partial charge in [0.2, 0.25) is 0 Å². The number of fused-ring (bicyclic) bond motifs is 3. The Morgan fingerprint density at radius 1 is 1.19 bits per heavy atom. The number of H-pyrrole nitrogens is 1. The summed E-state index contributed by atoms with van der Waals surface area (Å²) in [6, 6.07) is 4.27. The number of nitrogens with one attached hydrogen (secondary N) is 1. The van der Waals surface area contributed by atoms with Crippen LogP contribution in [0.2, 0.25) is 0 Å². The molecular weight excluding hydrogens is 198 g/mol. The van der Waals surface area contributed by atoms with Crippen LogP contribution in [0.25, 0.3) is 10.9 Å². The fraction of sp³-hybridized carbons (Fsp3) is 0.429. The number of aromatic nitrogens is 1. The number of ether oxygens (including phenoxy) is 1. The molecule has 2 aromatic rings. The molecule has 0 saturated carbocycles. The lowest BCUT2D eigenvalue weighted by Gasteiger charge is -2.10. The normalized spacial score (nSPS) is 15.1. The van der Waals surface area contributed by atoms with Crippen LogP contribution in [0.4, 0.5) is 0 Å². The van der Waals surface area contributed by atoms with E-state index in [1.54, 1.807) is 7.11 Å². The number of hydrogen-bond acceptors (Lipinski definition) is 1. The van der Waals surface area contributed by atoms with Crippen LogP contribution in [0, 0.1) is 6.92 Å². The first-order valence-corrected chi connectivity index (χ1v) is 5.97. The second-order valence-electron chi connectivity index (χ2n) is 4.66. The molecule has 1 aromatic heterocycles. The summed E-state index contributed by atoms with van der Waals surface area (Å²) in [6.45, 7) is 2.15. The highest BCUT2D eigenvalue weighted by atomic mass is 16.5. The van der Waals surface area contributed by atoms with Gasteiger partial charge in [-0.15, -0.1) is 0 Å². The lowest BCUT2D eigenvalue weighted by Crippen LogP contribution is -1.99. The van der Waals surface area contributed by atoms with Gasteiger partial charge in [-0.3, -0.25) is 0 Å². The molecule has 1 aliphatic carbocycles. The number of hydrogen-bond donors (Lipinski definition) is 1. The monoisotopic (exact) mass is 215 g/mol. The highest BCUT2D eigenvalue weighted by Crippen LogP contribution is 2.33. The molecule has 0 fully saturated rings. The molecule has 2 nitrogen and oxygen atoms in total. The summed E-state index contributed by atoms with van der Waals surface area (Å²) in [4.78, 5) is 3.58. The van der Waals surface area contributed by atoms with E-state index in [1.165, 1.54) is 53.4 Å². The molecule has 0 atom stereocenters. The van der Waals surface area contributed by atoms with Crippen LogP contribution in [0.5, 0.6) is 5.75 Å². The first kappa shape index (κ1) is 9.76. The zero-order chi connectivity index (χ0) is 11.1. The average Bonchev–Trinajstić information content (AvgIpc) is 2.68. The van der Waals surface area contributed by atoms with Gasteiger partial charge >= 0.3 is 0 Å². The number of methoxy groups -OCH3 is 1. The van der Waals surface area contributed by atoms with Gasteiger partial charge in [-0.1, -0.05) is 0 Å². The van der Waals surface area contributed by atoms with E-state index in [0.717, 1.165) is 5.75 Å². The summed E-state index contributed by atoms with van der Waals surface area (Å²) in [5.74, 6) is 0.970. The second-order valence-corrected chi connectivity index (χ2v) is 4.66. The Morgan fingerprint density at radius 2 is 2.00 bits per heavy atom. The van der Waals surface area contributed by atoms with Crippen molar-refractivity contribution in [2.45, 2.75) is 32.6 Å². The third-order valence-electron chi connectivity index (χ3n) is 3.61. The second kappa shape index (κ2) is 3.55. The van der Waals surface area contributed by atoms with E-state index in [0.29, 0.717) is 0 Å². The molecule has 0 radical (unpaired) electrons. The number of rotatable bonds is 1. The van der Waals surface area contributed by atoms with E-state index in [1.807, 2.05) is 0 Å². The topological polar surface area (TPSA) is 25.0 Å². The van der Waals surface area contributed by atoms with Crippen LogP contribution >= 0.6 is 0 Å². The minimum absolute atomic E-state index is 0.970. The van der Waals surface area contributed by atoms with Crippen LogP contribution in [0.1, 0.15) is 29.7 Å². The largest absolute Gasteiger partial charge is 0.497 e. The lowest BCUT2D eigenvalue weighted by atomic mass is 9.95. The first-order valence-electron chi connectivity index (χ1n) is 5.97. The SMILES string of the molecule is COc1cc(C)c2[nH]c3c(c2c1)CCCC3. The maximum atomic E-state index is 5.35. The molecule has 0 spiro atoms. The van der Waals surface area contributed by atoms with Crippen LogP contribution in [-0.2, 0) is 12.8 Å². The third-order valence-corrected chi connectivity index (χ3v) is 3.61. The summed E-state index contributed by atoms with van der Waals surface area (Å²) < 4.78 is 5.35. The smallest absolute Gasteiger partial charge is 0.119 e. The van der Waals surface area contributed by atoms with E-state index in [4.69, 9.17) is 4.74 Å². The van der Waals surface area contributed by atoms with Crippen molar-refractivity contribution in [3.05, 3.63) is 29.0 Å². The van der Waals surface area contributed by atoms with E-state index in [2.05, 4.69) is 24.0 Å². The van der Waals surface area contributed by atoms with Gasteiger partial charge in [-0.2, -0.15) is 0 Å². The third kappa shape index (κ3) is 1.33. The summed E-state index contributed by atoms with van der Waals surface area (Å²) in [6.07, 6.45) is 5.04. The molecule has 1 aromatic carbocycles. The fourth-order valence-corrected chi connectivity index (χ4v) is 2.77. The summed E-state index contributed by atoms with van der Waals surface area (Å²) in [5, 5.41) is 1.37. The number of aryl methyl sites for hydroxylation is 3. The fourth-order valence-electron chi connectivity index (χ4n) is 2.77. The van der Waals surface area contributed by atoms with Crippen molar-refractivity contribution < 1.29 is 4.74 Å². The molecule has 1 N–H and O–H groups in total. The predicted octanol–water partition coefficient (Wildman–Crippen LogP) is 3.36. The molecule has 3 rings (SSSR count). The molecule has 1 aliphatic rings. The highest BCUT2D eigenvalue weighted by Gasteiger charge is 2.16. The van der Waals surface area contributed by atoms with E-state index >= 15 is 0 Å². The van der Waals surface area contributed by atoms with E-state index in [-0.39, 0.29) is 0 Å². The molecule has 84 valence electrons. The van der Waals surface area contributed by atoms with Crippen molar-refractivity contribution in [3.8, 4) is 5.75 Å². The van der Waals surface area contributed by atoms with E-state index in [9.17, 15) is 0 Å². The van der Waals surface area contributed by atoms with Crippen LogP contribution in [0.15, 0.2) is 12.1 Å². The quantitative estimate of drug-likeness (QED) is 0.775. The van der Waals surface area contributed by atoms with Crippen molar-refractivity contribution in [2.24, 2.45) is 0 Å². The Labute approximate surface area is 95.6 Å². The molecule has 16 heavy (non-hydrogen) atoms. The van der Waals surface area contributed by atoms with Gasteiger partial charge in [-0.05, 0) is 55.9 Å². The van der Waals surface area contributed by atoms with Crippen molar-refractivity contribution in [1.82, 2.24) is 4.98 Å². The van der Waals surface area contributed by atoms with Crippen LogP contribution in [0.3, 0.4) is 0 Å². The summed E-state index contributed by atoms with van der Waals surface area (Å²) in [5.41, 5.74) is 5.54. The van der Waals surface area contributed by atoms with Gasteiger partial charge in [0.05, 0.1) is 7.11 Å². The van der Waals surface area contributed by atoms with Crippen molar-refractivity contribution in [2.75, 3.05) is 7.11 Å². The predicted molar refractivity (Wildman–Crippen MR) is 66.2 cm³/mol. The van der Waals surface area contributed by atoms with Gasteiger partial charge in [-0.25, -0.2) is 0 Å². The van der Waals surface area contributed by atoms with Crippen molar-refractivity contribution >= 4 is 10.9 Å². The maximum absolute atomic E-state index is 5.35. The standard InChI is InChI=1S/C14H17NO/c1-9-7-10(16-2)8-12-11-5-3-4-6-13(11)15-14(9)12/h7-8,15H,3-6H2,1-2H3. The Bertz CT molecular complexity index is 539. The maximum Gasteiger partial charge on any atom is 0.119 e. The molecule has 0 amide bonds. The van der Waals surface area contributed by atoms with Crippen molar-refractivity contribution in [3.63, 3.8) is 0 Å². The van der Waals surface area contributed by atoms with Gasteiger partial charge in [0.1, 0.15) is 5.75 Å². The zero-order valence-electron chi connectivity index (χ0n) is 9.89. The average molecular weight is 215 g/mol. The van der Waals surface area contributed by atoms with Gasteiger partial charge in [0.15, 0.2) is 0 Å². The molecule has 0 aliphatic heterocycles. The van der Waals surface area contributed by atoms with Crippen LogP contribution in [-0.4, -0.2) is 12.1 Å². The zero-order valence-corrected chi connectivity index (χ0v) is 9.89. The Balaban J connectivity index is 2.30. The molecule has 0 saturated heterocycles. The minimum atomic E-state index is 0.970. The lowest BCUT2D eigenvalue weighted by molar-refractivity contribution is 0.415. The van der Waals surface area contributed by atoms with Crippen molar-refractivity contribution in [1.29, 1.82) is 0 Å². The van der Waals surface area contributed by atoms with E-state index < -0.39 is 0 Å². The first-order chi connectivity index (χ1) is 7.79. The van der Waals surface area contributed by atoms with Gasteiger partial charge < -0.3 is 9.72 Å². The molecule has 0 bridgehead atoms. The number of aromatic amines is 1. The Morgan fingerprint density at radius 3 is 2.81 bits per heavy atom. The Hall–Kier alpha value is -1.44. The summed E-state index contributed by atoms with van der Waals surface area (Å²) in [7, 11) is 1.74. The summed E-state index contributed by atoms with van der Waals surface area (Å²) >= 11 is 0.